The number of pyridine rings is 3. The van der Waals surface area contributed by atoms with E-state index in [1.54, 1.807) is 49.1 Å². The summed E-state index contributed by atoms with van der Waals surface area (Å²) in [5, 5.41) is 2.95. The SMILES string of the molecule is COC(=O)Cc1ccc(C(=O)NCc2ccc(-n3c(-c4cccnc4N)nc4cc(-c5cccnc5)cnc43)cc2)cc1. The summed E-state index contributed by atoms with van der Waals surface area (Å²) in [6.45, 7) is 0.336. The number of nitrogens with one attached hydrogen (secondary N) is 1. The van der Waals surface area contributed by atoms with E-state index in [0.29, 0.717) is 40.5 Å². The molecule has 3 N–H and O–H groups in total. The molecule has 0 saturated heterocycles. The first-order chi connectivity index (χ1) is 21.0. The van der Waals surface area contributed by atoms with E-state index >= 15 is 0 Å². The van der Waals surface area contributed by atoms with Crippen LogP contribution in [0.3, 0.4) is 0 Å². The van der Waals surface area contributed by atoms with Crippen molar-refractivity contribution < 1.29 is 14.3 Å². The third kappa shape index (κ3) is 5.80. The molecule has 0 spiro atoms. The van der Waals surface area contributed by atoms with Crippen LogP contribution in [0.1, 0.15) is 21.5 Å². The first-order valence-electron chi connectivity index (χ1n) is 13.5. The molecule has 212 valence electrons. The molecule has 0 unspecified atom stereocenters. The minimum absolute atomic E-state index is 0.160. The monoisotopic (exact) mass is 569 g/mol. The van der Waals surface area contributed by atoms with Gasteiger partial charge in [-0.2, -0.15) is 0 Å². The van der Waals surface area contributed by atoms with Crippen molar-refractivity contribution >= 4 is 28.9 Å². The van der Waals surface area contributed by atoms with Crippen molar-refractivity contribution in [2.45, 2.75) is 13.0 Å². The molecule has 0 saturated carbocycles. The molecule has 2 aromatic carbocycles. The Labute approximate surface area is 247 Å². The maximum Gasteiger partial charge on any atom is 0.309 e. The molecule has 0 radical (unpaired) electrons. The van der Waals surface area contributed by atoms with Gasteiger partial charge >= 0.3 is 5.97 Å². The van der Waals surface area contributed by atoms with Crippen LogP contribution in [0.2, 0.25) is 0 Å². The van der Waals surface area contributed by atoms with Crippen molar-refractivity contribution in [3.63, 3.8) is 0 Å². The van der Waals surface area contributed by atoms with Crippen LogP contribution in [0.15, 0.2) is 104 Å². The molecular formula is C33H27N7O3. The molecule has 1 amide bonds. The summed E-state index contributed by atoms with van der Waals surface area (Å²) in [5.74, 6) is 0.445. The number of anilines is 1. The number of imidazole rings is 1. The lowest BCUT2D eigenvalue weighted by molar-refractivity contribution is -0.139. The summed E-state index contributed by atoms with van der Waals surface area (Å²) >= 11 is 0. The van der Waals surface area contributed by atoms with Gasteiger partial charge in [0.25, 0.3) is 5.91 Å². The van der Waals surface area contributed by atoms with Crippen LogP contribution >= 0.6 is 0 Å². The maximum absolute atomic E-state index is 12.7. The van der Waals surface area contributed by atoms with Gasteiger partial charge in [-0.3, -0.25) is 19.1 Å². The maximum atomic E-state index is 12.7. The lowest BCUT2D eigenvalue weighted by Gasteiger charge is -2.11. The second-order valence-corrected chi connectivity index (χ2v) is 9.81. The second kappa shape index (κ2) is 11.9. The lowest BCUT2D eigenvalue weighted by atomic mass is 10.1. The summed E-state index contributed by atoms with van der Waals surface area (Å²) in [6, 6.07) is 24.2. The van der Waals surface area contributed by atoms with Crippen LogP contribution in [0.4, 0.5) is 5.82 Å². The van der Waals surface area contributed by atoms with E-state index in [1.807, 2.05) is 59.2 Å². The number of esters is 1. The zero-order valence-electron chi connectivity index (χ0n) is 23.3. The Morgan fingerprint density at radius 1 is 0.884 bits per heavy atom. The largest absolute Gasteiger partial charge is 0.469 e. The van der Waals surface area contributed by atoms with Gasteiger partial charge < -0.3 is 15.8 Å². The molecule has 0 aliphatic rings. The highest BCUT2D eigenvalue weighted by molar-refractivity contribution is 5.94. The molecule has 0 aliphatic heterocycles. The molecular weight excluding hydrogens is 542 g/mol. The van der Waals surface area contributed by atoms with Crippen LogP contribution < -0.4 is 11.1 Å². The zero-order chi connectivity index (χ0) is 29.8. The summed E-state index contributed by atoms with van der Waals surface area (Å²) in [6.07, 6.45) is 7.13. The third-order valence-electron chi connectivity index (χ3n) is 7.01. The van der Waals surface area contributed by atoms with Gasteiger partial charge in [0.05, 0.1) is 19.1 Å². The molecule has 4 aromatic heterocycles. The predicted molar refractivity (Wildman–Crippen MR) is 163 cm³/mol. The molecule has 0 bridgehead atoms. The van der Waals surface area contributed by atoms with E-state index in [4.69, 9.17) is 20.4 Å². The Kier molecular flexibility index (Phi) is 7.56. The number of ether oxygens (including phenoxy) is 1. The number of carbonyl (C=O) groups excluding carboxylic acids is 2. The minimum atomic E-state index is -0.328. The number of amides is 1. The normalized spacial score (nSPS) is 10.9. The zero-order valence-corrected chi connectivity index (χ0v) is 23.3. The lowest BCUT2D eigenvalue weighted by Crippen LogP contribution is -2.22. The van der Waals surface area contributed by atoms with Crippen molar-refractivity contribution in [3.05, 3.63) is 120 Å². The van der Waals surface area contributed by atoms with Crippen LogP contribution in [0, 0.1) is 0 Å². The summed E-state index contributed by atoms with van der Waals surface area (Å²) in [7, 11) is 1.35. The number of nitrogen functional groups attached to an aromatic ring is 1. The smallest absolute Gasteiger partial charge is 0.309 e. The fourth-order valence-corrected chi connectivity index (χ4v) is 4.75. The van der Waals surface area contributed by atoms with Gasteiger partial charge in [0, 0.05) is 53.7 Å². The standard InChI is InChI=1S/C33H27N7O3/c1-43-29(41)16-21-6-10-23(11-7-21)33(42)38-18-22-8-12-26(13-9-22)40-31(27-5-3-15-36-30(27)34)39-28-17-25(20-37-32(28)40)24-4-2-14-35-19-24/h2-15,17,19-20H,16,18H2,1H3,(H2,34,36)(H,38,42). The van der Waals surface area contributed by atoms with E-state index in [-0.39, 0.29) is 18.3 Å². The fraction of sp³-hybridized carbons (Fsp3) is 0.0909. The summed E-state index contributed by atoms with van der Waals surface area (Å²) < 4.78 is 6.64. The average molecular weight is 570 g/mol. The van der Waals surface area contributed by atoms with Gasteiger partial charge in [-0.1, -0.05) is 30.3 Å². The molecule has 0 atom stereocenters. The van der Waals surface area contributed by atoms with Crippen LogP contribution in [-0.4, -0.2) is 43.5 Å². The van der Waals surface area contributed by atoms with E-state index in [9.17, 15) is 9.59 Å². The second-order valence-electron chi connectivity index (χ2n) is 9.81. The Balaban J connectivity index is 1.26. The minimum Gasteiger partial charge on any atom is -0.469 e. The number of aromatic nitrogens is 5. The molecule has 6 rings (SSSR count). The average Bonchev–Trinajstić information content (AvgIpc) is 3.43. The number of nitrogens with two attached hydrogens (primary N) is 1. The highest BCUT2D eigenvalue weighted by atomic mass is 16.5. The van der Waals surface area contributed by atoms with E-state index in [2.05, 4.69) is 15.3 Å². The topological polar surface area (TPSA) is 138 Å². The van der Waals surface area contributed by atoms with Crippen molar-refractivity contribution in [2.24, 2.45) is 0 Å². The third-order valence-corrected chi connectivity index (χ3v) is 7.01. The number of hydrogen-bond acceptors (Lipinski definition) is 8. The molecule has 4 heterocycles. The summed E-state index contributed by atoms with van der Waals surface area (Å²) in [5.41, 5.74) is 13.2. The first kappa shape index (κ1) is 27.3. The van der Waals surface area contributed by atoms with E-state index < -0.39 is 0 Å². The van der Waals surface area contributed by atoms with Gasteiger partial charge in [0.15, 0.2) is 11.5 Å². The van der Waals surface area contributed by atoms with Gasteiger partial charge in [-0.15, -0.1) is 0 Å². The number of methoxy groups -OCH3 is 1. The number of carbonyl (C=O) groups is 2. The quantitative estimate of drug-likeness (QED) is 0.250. The van der Waals surface area contributed by atoms with Crippen LogP contribution in [0.25, 0.3) is 39.4 Å². The molecule has 0 aliphatic carbocycles. The number of hydrogen-bond donors (Lipinski definition) is 2. The molecule has 10 nitrogen and oxygen atoms in total. The number of benzene rings is 2. The molecule has 6 aromatic rings. The van der Waals surface area contributed by atoms with Crippen molar-refractivity contribution in [1.82, 2.24) is 29.8 Å². The number of fused-ring (bicyclic) bond motifs is 1. The Hall–Kier alpha value is -5.90. The predicted octanol–water partition coefficient (Wildman–Crippen LogP) is 4.77. The summed E-state index contributed by atoms with van der Waals surface area (Å²) in [4.78, 5) is 42.4. The Morgan fingerprint density at radius 2 is 1.65 bits per heavy atom. The number of nitrogens with zero attached hydrogens (tertiary/aromatic N) is 5. The highest BCUT2D eigenvalue weighted by Crippen LogP contribution is 2.32. The molecule has 10 heteroatoms. The van der Waals surface area contributed by atoms with E-state index in [0.717, 1.165) is 27.9 Å². The van der Waals surface area contributed by atoms with Gasteiger partial charge in [-0.05, 0) is 59.7 Å². The first-order valence-corrected chi connectivity index (χ1v) is 13.5. The van der Waals surface area contributed by atoms with Gasteiger partial charge in [0.1, 0.15) is 11.3 Å². The molecule has 43 heavy (non-hydrogen) atoms. The van der Waals surface area contributed by atoms with Crippen molar-refractivity contribution in [3.8, 4) is 28.2 Å². The Bertz CT molecular complexity index is 1920. The molecule has 0 fully saturated rings. The van der Waals surface area contributed by atoms with Crippen LogP contribution in [0.5, 0.6) is 0 Å². The van der Waals surface area contributed by atoms with Crippen molar-refractivity contribution in [1.29, 1.82) is 0 Å². The fourth-order valence-electron chi connectivity index (χ4n) is 4.75. The number of rotatable bonds is 8. The highest BCUT2D eigenvalue weighted by Gasteiger charge is 2.19. The van der Waals surface area contributed by atoms with Crippen LogP contribution in [-0.2, 0) is 22.5 Å². The van der Waals surface area contributed by atoms with E-state index in [1.165, 1.54) is 7.11 Å². The van der Waals surface area contributed by atoms with Gasteiger partial charge in [-0.25, -0.2) is 15.0 Å². The Morgan fingerprint density at radius 3 is 2.37 bits per heavy atom. The van der Waals surface area contributed by atoms with Gasteiger partial charge in [0.2, 0.25) is 0 Å². The van der Waals surface area contributed by atoms with Crippen molar-refractivity contribution in [2.75, 3.05) is 12.8 Å².